The van der Waals surface area contributed by atoms with E-state index < -0.39 is 5.54 Å². The van der Waals surface area contributed by atoms with Crippen LogP contribution in [-0.2, 0) is 11.3 Å². The minimum absolute atomic E-state index is 0.0816. The lowest BCUT2D eigenvalue weighted by Gasteiger charge is -2.31. The fourth-order valence-corrected chi connectivity index (χ4v) is 3.40. The number of piperazine rings is 1. The van der Waals surface area contributed by atoms with Crippen LogP contribution in [0, 0.1) is 12.3 Å². The second-order valence-electron chi connectivity index (χ2n) is 6.82. The van der Waals surface area contributed by atoms with Crippen LogP contribution in [0.5, 0.6) is 0 Å². The van der Waals surface area contributed by atoms with Crippen LogP contribution in [0.4, 0.5) is 0 Å². The third-order valence-electron chi connectivity index (χ3n) is 5.23. The lowest BCUT2D eigenvalue weighted by molar-refractivity contribution is -1.02. The number of terminal acetylenes is 1. The van der Waals surface area contributed by atoms with Crippen LogP contribution in [0.2, 0.25) is 0 Å². The van der Waals surface area contributed by atoms with E-state index in [0.29, 0.717) is 6.54 Å². The maximum absolute atomic E-state index is 12.3. The van der Waals surface area contributed by atoms with Crippen molar-refractivity contribution in [2.75, 3.05) is 32.7 Å². The van der Waals surface area contributed by atoms with Gasteiger partial charge in [0.05, 0.1) is 0 Å². The number of hydrogen-bond acceptors (Lipinski definition) is 1. The molecule has 2 rings (SSSR count). The summed E-state index contributed by atoms with van der Waals surface area (Å²) in [6, 6.07) is 10.6. The van der Waals surface area contributed by atoms with Crippen LogP contribution in [-0.4, -0.2) is 44.2 Å². The minimum atomic E-state index is -0.475. The molecule has 4 nitrogen and oxygen atoms in total. The van der Waals surface area contributed by atoms with Gasteiger partial charge in [-0.15, -0.1) is 6.42 Å². The Labute approximate surface area is 146 Å². The van der Waals surface area contributed by atoms with Crippen molar-refractivity contribution in [1.82, 2.24) is 5.32 Å². The van der Waals surface area contributed by atoms with Crippen molar-refractivity contribution in [3.05, 3.63) is 35.9 Å². The molecule has 0 aliphatic carbocycles. The summed E-state index contributed by atoms with van der Waals surface area (Å²) >= 11 is 0. The normalized spacial score (nSPS) is 21.0. The second kappa shape index (κ2) is 8.86. The monoisotopic (exact) mass is 329 g/mol. The molecule has 1 amide bonds. The zero-order valence-corrected chi connectivity index (χ0v) is 15.0. The molecule has 0 saturated carbocycles. The summed E-state index contributed by atoms with van der Waals surface area (Å²) in [5.74, 6) is 2.85. The molecule has 4 heteroatoms. The number of amides is 1. The zero-order valence-electron chi connectivity index (χ0n) is 15.0. The van der Waals surface area contributed by atoms with E-state index in [1.54, 1.807) is 4.90 Å². The SMILES string of the molecule is C#CC(CC)(CC)NC(=O)C[NH+]1CC[NH+](Cc2ccccc2)CC1. The van der Waals surface area contributed by atoms with Crippen LogP contribution in [0.15, 0.2) is 30.3 Å². The highest BCUT2D eigenvalue weighted by molar-refractivity contribution is 5.78. The first-order valence-corrected chi connectivity index (χ1v) is 9.10. The predicted octanol–water partition coefficient (Wildman–Crippen LogP) is -0.722. The quantitative estimate of drug-likeness (QED) is 0.568. The van der Waals surface area contributed by atoms with Crippen LogP contribution < -0.4 is 15.1 Å². The van der Waals surface area contributed by atoms with Crippen LogP contribution >= 0.6 is 0 Å². The number of benzene rings is 1. The Morgan fingerprint density at radius 3 is 2.25 bits per heavy atom. The third-order valence-corrected chi connectivity index (χ3v) is 5.23. The summed E-state index contributed by atoms with van der Waals surface area (Å²) in [5, 5.41) is 3.08. The molecule has 1 saturated heterocycles. The van der Waals surface area contributed by atoms with Gasteiger partial charge in [-0.2, -0.15) is 0 Å². The van der Waals surface area contributed by atoms with Gasteiger partial charge in [-0.25, -0.2) is 0 Å². The summed E-state index contributed by atoms with van der Waals surface area (Å²) in [5.41, 5.74) is 0.912. The molecule has 130 valence electrons. The molecule has 0 unspecified atom stereocenters. The van der Waals surface area contributed by atoms with Gasteiger partial charge in [0.2, 0.25) is 0 Å². The van der Waals surface area contributed by atoms with E-state index in [1.807, 2.05) is 13.8 Å². The molecular weight excluding hydrogens is 298 g/mol. The number of hydrogen-bond donors (Lipinski definition) is 3. The summed E-state index contributed by atoms with van der Waals surface area (Å²) in [7, 11) is 0. The molecule has 0 radical (unpaired) electrons. The Morgan fingerprint density at radius 2 is 1.71 bits per heavy atom. The molecule has 1 heterocycles. The molecule has 1 aliphatic heterocycles. The lowest BCUT2D eigenvalue weighted by Crippen LogP contribution is -3.28. The van der Waals surface area contributed by atoms with E-state index >= 15 is 0 Å². The maximum atomic E-state index is 12.3. The standard InChI is InChI=1S/C20H29N3O/c1-4-20(5-2,6-3)21-19(24)17-23-14-12-22(13-15-23)16-18-10-8-7-9-11-18/h1,7-11H,5-6,12-17H2,2-3H3,(H,21,24)/p+2. The summed E-state index contributed by atoms with van der Waals surface area (Å²) in [6.07, 6.45) is 7.17. The zero-order chi connectivity index (χ0) is 17.4. The number of carbonyl (C=O) groups excluding carboxylic acids is 1. The molecule has 3 N–H and O–H groups in total. The van der Waals surface area contributed by atoms with Crippen molar-refractivity contribution >= 4 is 5.91 Å². The Bertz CT molecular complexity index is 552. The Morgan fingerprint density at radius 1 is 1.12 bits per heavy atom. The average molecular weight is 329 g/mol. The molecule has 24 heavy (non-hydrogen) atoms. The van der Waals surface area contributed by atoms with Crippen molar-refractivity contribution in [2.45, 2.75) is 38.8 Å². The number of carbonyl (C=O) groups is 1. The molecule has 0 aromatic heterocycles. The first-order valence-electron chi connectivity index (χ1n) is 9.10. The molecule has 1 aromatic carbocycles. The predicted molar refractivity (Wildman–Crippen MR) is 96.7 cm³/mol. The molecular formula is C20H31N3O+2. The molecule has 1 aromatic rings. The fourth-order valence-electron chi connectivity index (χ4n) is 3.40. The smallest absolute Gasteiger partial charge is 0.276 e. The lowest BCUT2D eigenvalue weighted by atomic mass is 9.94. The Hall–Kier alpha value is -1.83. The Kier molecular flexibility index (Phi) is 6.84. The third kappa shape index (κ3) is 5.09. The molecule has 0 bridgehead atoms. The summed E-state index contributed by atoms with van der Waals surface area (Å²) in [6.45, 7) is 9.96. The highest BCUT2D eigenvalue weighted by Crippen LogP contribution is 2.12. The van der Waals surface area contributed by atoms with Gasteiger partial charge < -0.3 is 15.1 Å². The van der Waals surface area contributed by atoms with E-state index in [4.69, 9.17) is 6.42 Å². The topological polar surface area (TPSA) is 38.0 Å². The van der Waals surface area contributed by atoms with Crippen molar-refractivity contribution < 1.29 is 14.6 Å². The number of nitrogens with one attached hydrogen (secondary N) is 3. The average Bonchev–Trinajstić information content (AvgIpc) is 2.62. The van der Waals surface area contributed by atoms with Gasteiger partial charge in [0.15, 0.2) is 6.54 Å². The highest BCUT2D eigenvalue weighted by atomic mass is 16.2. The second-order valence-corrected chi connectivity index (χ2v) is 6.82. The van der Waals surface area contributed by atoms with Gasteiger partial charge in [-0.3, -0.25) is 4.79 Å². The van der Waals surface area contributed by atoms with Gasteiger partial charge in [-0.1, -0.05) is 50.1 Å². The van der Waals surface area contributed by atoms with Crippen LogP contribution in [0.1, 0.15) is 32.3 Å². The highest BCUT2D eigenvalue weighted by Gasteiger charge is 2.29. The van der Waals surface area contributed by atoms with Gasteiger partial charge in [-0.05, 0) is 12.8 Å². The van der Waals surface area contributed by atoms with Crippen molar-refractivity contribution in [3.63, 3.8) is 0 Å². The number of rotatable bonds is 7. The first kappa shape index (κ1) is 18.5. The van der Waals surface area contributed by atoms with Gasteiger partial charge >= 0.3 is 0 Å². The fraction of sp³-hybridized carbons (Fsp3) is 0.550. The van der Waals surface area contributed by atoms with Gasteiger partial charge in [0.25, 0.3) is 5.91 Å². The van der Waals surface area contributed by atoms with E-state index in [0.717, 1.165) is 45.6 Å². The van der Waals surface area contributed by atoms with Gasteiger partial charge in [0.1, 0.15) is 38.3 Å². The van der Waals surface area contributed by atoms with Crippen molar-refractivity contribution in [1.29, 1.82) is 0 Å². The van der Waals surface area contributed by atoms with Crippen molar-refractivity contribution in [3.8, 4) is 12.3 Å². The van der Waals surface area contributed by atoms with E-state index in [2.05, 4.69) is 41.6 Å². The van der Waals surface area contributed by atoms with E-state index in [9.17, 15) is 4.79 Å². The van der Waals surface area contributed by atoms with Gasteiger partial charge in [0, 0.05) is 5.56 Å². The summed E-state index contributed by atoms with van der Waals surface area (Å²) in [4.78, 5) is 15.3. The molecule has 1 aliphatic rings. The maximum Gasteiger partial charge on any atom is 0.276 e. The van der Waals surface area contributed by atoms with Crippen molar-refractivity contribution in [2.24, 2.45) is 0 Å². The van der Waals surface area contributed by atoms with E-state index in [-0.39, 0.29) is 5.91 Å². The van der Waals surface area contributed by atoms with Crippen LogP contribution in [0.3, 0.4) is 0 Å². The largest absolute Gasteiger partial charge is 0.335 e. The molecule has 0 spiro atoms. The van der Waals surface area contributed by atoms with E-state index in [1.165, 1.54) is 10.5 Å². The molecule has 1 fully saturated rings. The number of quaternary nitrogens is 2. The van der Waals surface area contributed by atoms with Crippen LogP contribution in [0.25, 0.3) is 0 Å². The minimum Gasteiger partial charge on any atom is -0.335 e. The summed E-state index contributed by atoms with van der Waals surface area (Å²) < 4.78 is 0. The Balaban J connectivity index is 1.76. The molecule has 0 atom stereocenters. The first-order chi connectivity index (χ1) is 11.6.